The molecule has 0 saturated heterocycles. The second-order valence-corrected chi connectivity index (χ2v) is 7.71. The fourth-order valence-corrected chi connectivity index (χ4v) is 4.07. The van der Waals surface area contributed by atoms with Crippen LogP contribution in [0.1, 0.15) is 31.2 Å². The maximum atomic E-state index is 11.9. The lowest BCUT2D eigenvalue weighted by atomic mass is 10.2. The molecule has 2 rings (SSSR count). The number of hydrogen-bond acceptors (Lipinski definition) is 3. The summed E-state index contributed by atoms with van der Waals surface area (Å²) >= 11 is 5.09. The van der Waals surface area contributed by atoms with Gasteiger partial charge in [-0.25, -0.2) is 0 Å². The van der Waals surface area contributed by atoms with Gasteiger partial charge in [-0.2, -0.15) is 0 Å². The summed E-state index contributed by atoms with van der Waals surface area (Å²) in [6, 6.07) is 5.65. The van der Waals surface area contributed by atoms with Gasteiger partial charge in [0.2, 0.25) is 11.8 Å². The number of carbonyl (C=O) groups is 2. The normalized spacial score (nSPS) is 14.8. The zero-order valence-electron chi connectivity index (χ0n) is 12.7. The van der Waals surface area contributed by atoms with Gasteiger partial charge in [-0.15, -0.1) is 11.8 Å². The molecule has 0 atom stereocenters. The molecular formula is C16H21BrN2O2S. The highest BCUT2D eigenvalue weighted by molar-refractivity contribution is 9.10. The second-order valence-electron chi connectivity index (χ2n) is 5.50. The molecule has 1 aliphatic rings. The van der Waals surface area contributed by atoms with Gasteiger partial charge in [0, 0.05) is 15.4 Å². The van der Waals surface area contributed by atoms with Crippen molar-refractivity contribution in [2.75, 3.05) is 17.6 Å². The van der Waals surface area contributed by atoms with Crippen LogP contribution in [0, 0.1) is 6.92 Å². The first-order chi connectivity index (χ1) is 10.5. The molecule has 1 aromatic rings. The zero-order chi connectivity index (χ0) is 15.9. The highest BCUT2D eigenvalue weighted by Crippen LogP contribution is 2.29. The van der Waals surface area contributed by atoms with Crippen molar-refractivity contribution >= 4 is 45.2 Å². The number of nitrogens with one attached hydrogen (secondary N) is 2. The van der Waals surface area contributed by atoms with Gasteiger partial charge < -0.3 is 10.6 Å². The number of halogens is 1. The molecule has 6 heteroatoms. The van der Waals surface area contributed by atoms with Crippen molar-refractivity contribution in [3.8, 4) is 0 Å². The summed E-state index contributed by atoms with van der Waals surface area (Å²) in [4.78, 5) is 23.6. The van der Waals surface area contributed by atoms with E-state index in [-0.39, 0.29) is 18.4 Å². The average Bonchev–Trinajstić information content (AvgIpc) is 2.99. The first-order valence-electron chi connectivity index (χ1n) is 7.49. The molecule has 0 aliphatic heterocycles. The Balaban J connectivity index is 1.69. The summed E-state index contributed by atoms with van der Waals surface area (Å²) in [7, 11) is 0. The molecule has 4 nitrogen and oxygen atoms in total. The number of hydrogen-bond donors (Lipinski definition) is 2. The van der Waals surface area contributed by atoms with Crippen LogP contribution in [-0.2, 0) is 9.59 Å². The van der Waals surface area contributed by atoms with Crippen LogP contribution < -0.4 is 10.6 Å². The molecule has 0 spiro atoms. The lowest BCUT2D eigenvalue weighted by molar-refractivity contribution is -0.122. The molecule has 0 heterocycles. The fourth-order valence-electron chi connectivity index (χ4n) is 2.44. The van der Waals surface area contributed by atoms with Gasteiger partial charge in [0.15, 0.2) is 0 Å². The van der Waals surface area contributed by atoms with Crippen LogP contribution in [0.5, 0.6) is 0 Å². The number of aryl methyl sites for hydroxylation is 1. The smallest absolute Gasteiger partial charge is 0.243 e. The summed E-state index contributed by atoms with van der Waals surface area (Å²) in [6.07, 6.45) is 4.96. The maximum absolute atomic E-state index is 11.9. The van der Waals surface area contributed by atoms with Crippen molar-refractivity contribution < 1.29 is 9.59 Å². The number of amides is 2. The van der Waals surface area contributed by atoms with Gasteiger partial charge in [0.1, 0.15) is 0 Å². The number of carbonyl (C=O) groups excluding carboxylic acids is 2. The molecule has 0 radical (unpaired) electrons. The highest BCUT2D eigenvalue weighted by atomic mass is 79.9. The van der Waals surface area contributed by atoms with Crippen molar-refractivity contribution in [3.63, 3.8) is 0 Å². The van der Waals surface area contributed by atoms with Crippen molar-refractivity contribution in [1.29, 1.82) is 0 Å². The molecule has 0 unspecified atom stereocenters. The Morgan fingerprint density at radius 1 is 1.27 bits per heavy atom. The van der Waals surface area contributed by atoms with Gasteiger partial charge in [-0.05, 0) is 43.5 Å². The summed E-state index contributed by atoms with van der Waals surface area (Å²) in [5.74, 6) is 0.166. The topological polar surface area (TPSA) is 58.2 Å². The number of anilines is 1. The third kappa shape index (κ3) is 5.65. The Labute approximate surface area is 143 Å². The zero-order valence-corrected chi connectivity index (χ0v) is 15.1. The van der Waals surface area contributed by atoms with E-state index in [1.165, 1.54) is 25.7 Å². The Hall–Kier alpha value is -1.01. The molecule has 120 valence electrons. The van der Waals surface area contributed by atoms with E-state index in [2.05, 4.69) is 26.6 Å². The SMILES string of the molecule is Cc1cc(Br)ccc1NC(=O)CNC(=O)CSC1CCCC1. The monoisotopic (exact) mass is 384 g/mol. The van der Waals surface area contributed by atoms with E-state index in [1.807, 2.05) is 25.1 Å². The van der Waals surface area contributed by atoms with Gasteiger partial charge in [0.05, 0.1) is 12.3 Å². The fraction of sp³-hybridized carbons (Fsp3) is 0.500. The lowest BCUT2D eigenvalue weighted by Gasteiger charge is -2.11. The predicted molar refractivity (Wildman–Crippen MR) is 95.2 cm³/mol. The number of rotatable bonds is 6. The van der Waals surface area contributed by atoms with Crippen LogP contribution >= 0.6 is 27.7 Å². The second kappa shape index (κ2) is 8.58. The Bertz CT molecular complexity index is 545. The molecular weight excluding hydrogens is 364 g/mol. The first-order valence-corrected chi connectivity index (χ1v) is 9.33. The first kappa shape index (κ1) is 17.3. The Morgan fingerprint density at radius 3 is 2.68 bits per heavy atom. The average molecular weight is 385 g/mol. The van der Waals surface area contributed by atoms with Crippen molar-refractivity contribution in [2.45, 2.75) is 37.9 Å². The minimum Gasteiger partial charge on any atom is -0.346 e. The van der Waals surface area contributed by atoms with Crippen LogP contribution in [0.15, 0.2) is 22.7 Å². The molecule has 1 aromatic carbocycles. The van der Waals surface area contributed by atoms with E-state index in [9.17, 15) is 9.59 Å². The molecule has 2 N–H and O–H groups in total. The van der Waals surface area contributed by atoms with E-state index in [1.54, 1.807) is 11.8 Å². The minimum atomic E-state index is -0.204. The molecule has 0 aromatic heterocycles. The largest absolute Gasteiger partial charge is 0.346 e. The van der Waals surface area contributed by atoms with Crippen LogP contribution in [0.3, 0.4) is 0 Å². The number of thioether (sulfide) groups is 1. The maximum Gasteiger partial charge on any atom is 0.243 e. The molecule has 0 bridgehead atoms. The summed E-state index contributed by atoms with van der Waals surface area (Å²) < 4.78 is 0.972. The van der Waals surface area contributed by atoms with Gasteiger partial charge in [0.25, 0.3) is 0 Å². The van der Waals surface area contributed by atoms with E-state index in [4.69, 9.17) is 0 Å². The molecule has 1 aliphatic carbocycles. The molecule has 22 heavy (non-hydrogen) atoms. The van der Waals surface area contributed by atoms with Crippen LogP contribution in [-0.4, -0.2) is 29.4 Å². The van der Waals surface area contributed by atoms with E-state index in [0.29, 0.717) is 11.0 Å². The van der Waals surface area contributed by atoms with E-state index >= 15 is 0 Å². The van der Waals surface area contributed by atoms with E-state index in [0.717, 1.165) is 15.7 Å². The minimum absolute atomic E-state index is 0.0135. The highest BCUT2D eigenvalue weighted by Gasteiger charge is 2.16. The third-order valence-electron chi connectivity index (χ3n) is 3.66. The molecule has 2 amide bonds. The number of benzene rings is 1. The summed E-state index contributed by atoms with van der Waals surface area (Å²) in [5.41, 5.74) is 1.74. The third-order valence-corrected chi connectivity index (χ3v) is 5.53. The Kier molecular flexibility index (Phi) is 6.76. The van der Waals surface area contributed by atoms with Gasteiger partial charge in [-0.1, -0.05) is 28.8 Å². The van der Waals surface area contributed by atoms with E-state index < -0.39 is 0 Å². The summed E-state index contributed by atoms with van der Waals surface area (Å²) in [6.45, 7) is 1.94. The van der Waals surface area contributed by atoms with Crippen molar-refractivity contribution in [3.05, 3.63) is 28.2 Å². The van der Waals surface area contributed by atoms with Crippen LogP contribution in [0.2, 0.25) is 0 Å². The van der Waals surface area contributed by atoms with Gasteiger partial charge >= 0.3 is 0 Å². The van der Waals surface area contributed by atoms with Gasteiger partial charge in [-0.3, -0.25) is 9.59 Å². The lowest BCUT2D eigenvalue weighted by Crippen LogP contribution is -2.34. The van der Waals surface area contributed by atoms with Crippen LogP contribution in [0.25, 0.3) is 0 Å². The quantitative estimate of drug-likeness (QED) is 0.788. The standard InChI is InChI=1S/C16H21BrN2O2S/c1-11-8-12(17)6-7-14(11)19-15(20)9-18-16(21)10-22-13-4-2-3-5-13/h6-8,13H,2-5,9-10H2,1H3,(H,18,21)(H,19,20). The Morgan fingerprint density at radius 2 is 2.00 bits per heavy atom. The van der Waals surface area contributed by atoms with Crippen molar-refractivity contribution in [1.82, 2.24) is 5.32 Å². The molecule has 1 fully saturated rings. The predicted octanol–water partition coefficient (Wildman–Crippen LogP) is 3.49. The van der Waals surface area contributed by atoms with Crippen molar-refractivity contribution in [2.24, 2.45) is 0 Å². The molecule has 1 saturated carbocycles. The summed E-state index contributed by atoms with van der Waals surface area (Å²) in [5, 5.41) is 6.10. The van der Waals surface area contributed by atoms with Crippen LogP contribution in [0.4, 0.5) is 5.69 Å².